The number of carboxylic acid groups (broad SMARTS) is 1. The molecule has 0 amide bonds. The second kappa shape index (κ2) is 6.51. The van der Waals surface area contributed by atoms with E-state index in [4.69, 9.17) is 20.3 Å². The quantitative estimate of drug-likeness (QED) is 0.764. The van der Waals surface area contributed by atoms with Gasteiger partial charge in [0.2, 0.25) is 0 Å². The van der Waals surface area contributed by atoms with Crippen molar-refractivity contribution in [3.63, 3.8) is 0 Å². The summed E-state index contributed by atoms with van der Waals surface area (Å²) in [7, 11) is 3.07. The van der Waals surface area contributed by atoms with Crippen LogP contribution < -0.4 is 15.2 Å². The van der Waals surface area contributed by atoms with Gasteiger partial charge in [-0.1, -0.05) is 6.07 Å². The molecule has 1 rings (SSSR count). The van der Waals surface area contributed by atoms with Crippen LogP contribution >= 0.6 is 11.8 Å². The Kier molecular flexibility index (Phi) is 5.30. The number of benzene rings is 1. The van der Waals surface area contributed by atoms with Gasteiger partial charge in [0.15, 0.2) is 0 Å². The van der Waals surface area contributed by atoms with Crippen molar-refractivity contribution >= 4 is 17.7 Å². The van der Waals surface area contributed by atoms with E-state index >= 15 is 0 Å². The third-order valence-corrected chi connectivity index (χ3v) is 3.44. The van der Waals surface area contributed by atoms with Crippen LogP contribution in [0.2, 0.25) is 0 Å². The molecule has 0 aliphatic carbocycles. The van der Waals surface area contributed by atoms with Crippen molar-refractivity contribution < 1.29 is 19.4 Å². The number of ether oxygens (including phenoxy) is 2. The molecule has 18 heavy (non-hydrogen) atoms. The molecule has 6 heteroatoms. The number of carbonyl (C=O) groups is 1. The van der Waals surface area contributed by atoms with E-state index in [1.54, 1.807) is 19.2 Å². The molecule has 100 valence electrons. The summed E-state index contributed by atoms with van der Waals surface area (Å²) in [4.78, 5) is 12.0. The van der Waals surface area contributed by atoms with E-state index in [-0.39, 0.29) is 6.54 Å². The summed E-state index contributed by atoms with van der Waals surface area (Å²) in [5.41, 5.74) is 6.08. The predicted octanol–water partition coefficient (Wildman–Crippen LogP) is 1.55. The number of thioether (sulfide) groups is 1. The van der Waals surface area contributed by atoms with Crippen molar-refractivity contribution in [3.8, 4) is 11.5 Å². The molecule has 0 aliphatic rings. The molecule has 0 aliphatic heterocycles. The normalized spacial score (nSPS) is 12.0. The number of hydrogen-bond acceptors (Lipinski definition) is 5. The van der Waals surface area contributed by atoms with E-state index in [2.05, 4.69) is 0 Å². The molecule has 3 N–H and O–H groups in total. The summed E-state index contributed by atoms with van der Waals surface area (Å²) in [5.74, 6) is -0.575. The molecule has 0 radical (unpaired) electrons. The number of hydrogen-bond donors (Lipinski definition) is 2. The zero-order valence-electron chi connectivity index (χ0n) is 10.6. The topological polar surface area (TPSA) is 81.8 Å². The van der Waals surface area contributed by atoms with Gasteiger partial charge in [0, 0.05) is 12.1 Å². The van der Waals surface area contributed by atoms with Gasteiger partial charge in [-0.05, 0) is 12.3 Å². The molecule has 1 aromatic carbocycles. The lowest BCUT2D eigenvalue weighted by molar-refractivity contribution is -0.138. The molecule has 0 saturated carbocycles. The van der Waals surface area contributed by atoms with Crippen LogP contribution in [0.1, 0.15) is 11.5 Å². The van der Waals surface area contributed by atoms with E-state index in [0.717, 1.165) is 4.90 Å². The van der Waals surface area contributed by atoms with Gasteiger partial charge in [-0.15, -0.1) is 11.8 Å². The van der Waals surface area contributed by atoms with Crippen molar-refractivity contribution in [3.05, 3.63) is 17.7 Å². The second-order valence-electron chi connectivity index (χ2n) is 3.55. The minimum Gasteiger partial charge on any atom is -0.495 e. The lowest BCUT2D eigenvalue weighted by Gasteiger charge is -2.18. The molecule has 0 fully saturated rings. The Morgan fingerprint density at radius 3 is 2.50 bits per heavy atom. The molecule has 0 bridgehead atoms. The Morgan fingerprint density at radius 2 is 2.11 bits per heavy atom. The highest BCUT2D eigenvalue weighted by Gasteiger charge is 2.25. The maximum Gasteiger partial charge on any atom is 0.312 e. The number of aliphatic carboxylic acids is 1. The third-order valence-electron chi connectivity index (χ3n) is 2.64. The largest absolute Gasteiger partial charge is 0.495 e. The first kappa shape index (κ1) is 14.7. The zero-order valence-corrected chi connectivity index (χ0v) is 11.4. The van der Waals surface area contributed by atoms with Crippen molar-refractivity contribution in [2.24, 2.45) is 5.73 Å². The van der Waals surface area contributed by atoms with Gasteiger partial charge in [-0.25, -0.2) is 0 Å². The van der Waals surface area contributed by atoms with Crippen LogP contribution in [0.5, 0.6) is 11.5 Å². The highest BCUT2D eigenvalue weighted by atomic mass is 32.2. The smallest absolute Gasteiger partial charge is 0.312 e. The SMILES string of the molecule is COc1ccc(C(CN)C(=O)O)c(OC)c1SC. The molecule has 5 nitrogen and oxygen atoms in total. The molecular weight excluding hydrogens is 254 g/mol. The van der Waals surface area contributed by atoms with Gasteiger partial charge in [0.1, 0.15) is 11.5 Å². The Morgan fingerprint density at radius 1 is 1.44 bits per heavy atom. The second-order valence-corrected chi connectivity index (χ2v) is 4.37. The number of rotatable bonds is 6. The van der Waals surface area contributed by atoms with Crippen molar-refractivity contribution in [1.82, 2.24) is 0 Å². The van der Waals surface area contributed by atoms with Crippen molar-refractivity contribution in [2.75, 3.05) is 27.0 Å². The van der Waals surface area contributed by atoms with Crippen LogP contribution in [0.3, 0.4) is 0 Å². The molecule has 1 aromatic rings. The molecule has 1 unspecified atom stereocenters. The summed E-state index contributed by atoms with van der Waals surface area (Å²) < 4.78 is 10.6. The minimum atomic E-state index is -0.965. The van der Waals surface area contributed by atoms with Gasteiger partial charge < -0.3 is 20.3 Å². The molecule has 0 saturated heterocycles. The van der Waals surface area contributed by atoms with Crippen molar-refractivity contribution in [1.29, 1.82) is 0 Å². The van der Waals surface area contributed by atoms with Crippen LogP contribution in [0.4, 0.5) is 0 Å². The maximum atomic E-state index is 11.2. The summed E-state index contributed by atoms with van der Waals surface area (Å²) in [6, 6.07) is 3.42. The van der Waals surface area contributed by atoms with Gasteiger partial charge in [-0.3, -0.25) is 4.79 Å². The highest BCUT2D eigenvalue weighted by molar-refractivity contribution is 7.98. The van der Waals surface area contributed by atoms with E-state index < -0.39 is 11.9 Å². The van der Waals surface area contributed by atoms with Crippen LogP contribution in [-0.4, -0.2) is 38.1 Å². The first-order valence-corrected chi connectivity index (χ1v) is 6.54. The first-order valence-electron chi connectivity index (χ1n) is 5.32. The number of methoxy groups -OCH3 is 2. The van der Waals surface area contributed by atoms with E-state index in [0.29, 0.717) is 17.1 Å². The Balaban J connectivity index is 3.40. The van der Waals surface area contributed by atoms with Crippen LogP contribution in [0.25, 0.3) is 0 Å². The lowest BCUT2D eigenvalue weighted by Crippen LogP contribution is -2.22. The van der Waals surface area contributed by atoms with E-state index in [9.17, 15) is 4.79 Å². The van der Waals surface area contributed by atoms with E-state index in [1.807, 2.05) is 6.26 Å². The third kappa shape index (κ3) is 2.70. The monoisotopic (exact) mass is 271 g/mol. The average Bonchev–Trinajstić information content (AvgIpc) is 2.38. The van der Waals surface area contributed by atoms with Gasteiger partial charge >= 0.3 is 5.97 Å². The van der Waals surface area contributed by atoms with Crippen molar-refractivity contribution in [2.45, 2.75) is 10.8 Å². The standard InChI is InChI=1S/C12H17NO4S/c1-16-9-5-4-7(8(6-13)12(14)15)10(17-2)11(9)18-3/h4-5,8H,6,13H2,1-3H3,(H,14,15). The maximum absolute atomic E-state index is 11.2. The fraction of sp³-hybridized carbons (Fsp3) is 0.417. The predicted molar refractivity (Wildman–Crippen MR) is 70.8 cm³/mol. The van der Waals surface area contributed by atoms with Gasteiger partial charge in [0.05, 0.1) is 25.0 Å². The van der Waals surface area contributed by atoms with Crippen LogP contribution in [0, 0.1) is 0 Å². The fourth-order valence-corrected chi connectivity index (χ4v) is 2.50. The molecular formula is C12H17NO4S. The minimum absolute atomic E-state index is 0.0197. The number of nitrogens with two attached hydrogens (primary N) is 1. The summed E-state index contributed by atoms with van der Waals surface area (Å²) in [5, 5.41) is 9.16. The van der Waals surface area contributed by atoms with Crippen LogP contribution in [-0.2, 0) is 4.79 Å². The summed E-state index contributed by atoms with van der Waals surface area (Å²) >= 11 is 1.44. The summed E-state index contributed by atoms with van der Waals surface area (Å²) in [6.07, 6.45) is 1.88. The molecule has 0 heterocycles. The molecule has 0 aromatic heterocycles. The Bertz CT molecular complexity index is 436. The number of carboxylic acids is 1. The lowest BCUT2D eigenvalue weighted by atomic mass is 9.98. The summed E-state index contributed by atoms with van der Waals surface area (Å²) in [6.45, 7) is 0.0197. The van der Waals surface area contributed by atoms with Gasteiger partial charge in [0.25, 0.3) is 0 Å². The molecule has 0 spiro atoms. The fourth-order valence-electron chi connectivity index (χ4n) is 1.76. The average molecular weight is 271 g/mol. The Hall–Kier alpha value is -1.40. The molecule has 1 atom stereocenters. The Labute approximate surface area is 110 Å². The van der Waals surface area contributed by atoms with E-state index in [1.165, 1.54) is 18.9 Å². The van der Waals surface area contributed by atoms with Crippen LogP contribution in [0.15, 0.2) is 17.0 Å². The zero-order chi connectivity index (χ0) is 13.7. The highest BCUT2D eigenvalue weighted by Crippen LogP contribution is 2.41. The van der Waals surface area contributed by atoms with Gasteiger partial charge in [-0.2, -0.15) is 0 Å². The first-order chi connectivity index (χ1) is 8.60.